The standard InChI is InChI=1S/C27H29NS/c1-16(2)18-9-7-10-20(14-18)26-27-22(12-13-28-26)25-23(29-27)15-19-8-5-6-11-21(19)24(25)17(3)4/h7,9-10,12-17H,5-6,8,11H2,1-4H3. The number of nitrogens with zero attached hydrogens (tertiary/aromatic N) is 1. The van der Waals surface area contributed by atoms with Crippen LogP contribution in [0.3, 0.4) is 0 Å². The van der Waals surface area contributed by atoms with E-state index in [4.69, 9.17) is 4.98 Å². The molecule has 2 heterocycles. The van der Waals surface area contributed by atoms with Crippen molar-refractivity contribution >= 4 is 31.5 Å². The van der Waals surface area contributed by atoms with E-state index in [1.807, 2.05) is 17.5 Å². The number of hydrogen-bond acceptors (Lipinski definition) is 2. The SMILES string of the molecule is CC(C)c1cccc(-c2nccc3c2sc2cc4c(c(C(C)C)c23)CCCC4)c1. The van der Waals surface area contributed by atoms with Crippen LogP contribution in [0.4, 0.5) is 0 Å². The van der Waals surface area contributed by atoms with Crippen LogP contribution in [0.25, 0.3) is 31.4 Å². The van der Waals surface area contributed by atoms with Gasteiger partial charge in [0.05, 0.1) is 10.4 Å². The summed E-state index contributed by atoms with van der Waals surface area (Å²) in [4.78, 5) is 4.86. The van der Waals surface area contributed by atoms with Gasteiger partial charge in [-0.15, -0.1) is 11.3 Å². The van der Waals surface area contributed by atoms with Gasteiger partial charge in [-0.1, -0.05) is 45.9 Å². The Balaban J connectivity index is 1.83. The third kappa shape index (κ3) is 3.09. The van der Waals surface area contributed by atoms with Crippen LogP contribution in [0.1, 0.15) is 74.6 Å². The Morgan fingerprint density at radius 1 is 0.931 bits per heavy atom. The van der Waals surface area contributed by atoms with E-state index in [9.17, 15) is 0 Å². The van der Waals surface area contributed by atoms with Crippen molar-refractivity contribution in [2.24, 2.45) is 0 Å². The maximum atomic E-state index is 4.86. The molecule has 0 radical (unpaired) electrons. The lowest BCUT2D eigenvalue weighted by Crippen LogP contribution is -2.07. The average molecular weight is 400 g/mol. The topological polar surface area (TPSA) is 12.9 Å². The lowest BCUT2D eigenvalue weighted by atomic mass is 9.82. The molecule has 2 aromatic carbocycles. The van der Waals surface area contributed by atoms with Crippen LogP contribution in [0.2, 0.25) is 0 Å². The van der Waals surface area contributed by atoms with Crippen molar-refractivity contribution in [1.29, 1.82) is 0 Å². The second-order valence-electron chi connectivity index (χ2n) is 9.08. The van der Waals surface area contributed by atoms with Crippen molar-refractivity contribution in [3.8, 4) is 11.3 Å². The van der Waals surface area contributed by atoms with Crippen LogP contribution in [-0.2, 0) is 12.8 Å². The van der Waals surface area contributed by atoms with Crippen LogP contribution in [-0.4, -0.2) is 4.98 Å². The molecule has 0 amide bonds. The lowest BCUT2D eigenvalue weighted by molar-refractivity contribution is 0.674. The van der Waals surface area contributed by atoms with Crippen molar-refractivity contribution in [3.05, 3.63) is 64.8 Å². The van der Waals surface area contributed by atoms with Gasteiger partial charge in [0.2, 0.25) is 0 Å². The van der Waals surface area contributed by atoms with Crippen molar-refractivity contribution in [2.75, 3.05) is 0 Å². The quantitative estimate of drug-likeness (QED) is 0.338. The lowest BCUT2D eigenvalue weighted by Gasteiger charge is -2.23. The van der Waals surface area contributed by atoms with E-state index in [0.29, 0.717) is 11.8 Å². The Morgan fingerprint density at radius 2 is 1.76 bits per heavy atom. The summed E-state index contributed by atoms with van der Waals surface area (Å²) in [6.07, 6.45) is 7.14. The molecule has 2 heteroatoms. The fraction of sp³-hybridized carbons (Fsp3) is 0.370. The van der Waals surface area contributed by atoms with Crippen molar-refractivity contribution in [1.82, 2.24) is 4.98 Å². The summed E-state index contributed by atoms with van der Waals surface area (Å²) in [5, 5.41) is 2.88. The van der Waals surface area contributed by atoms with Crippen LogP contribution in [0.5, 0.6) is 0 Å². The number of aryl methyl sites for hydroxylation is 1. The van der Waals surface area contributed by atoms with Crippen LogP contribution >= 0.6 is 11.3 Å². The third-order valence-corrected chi connectivity index (χ3v) is 7.61. The first kappa shape index (κ1) is 18.8. The van der Waals surface area contributed by atoms with Gasteiger partial charge in [0.15, 0.2) is 0 Å². The summed E-state index contributed by atoms with van der Waals surface area (Å²) in [6.45, 7) is 9.24. The monoisotopic (exact) mass is 399 g/mol. The molecule has 148 valence electrons. The van der Waals surface area contributed by atoms with Crippen molar-refractivity contribution in [2.45, 2.75) is 65.2 Å². The van der Waals surface area contributed by atoms with E-state index >= 15 is 0 Å². The maximum Gasteiger partial charge on any atom is 0.0880 e. The zero-order valence-corrected chi connectivity index (χ0v) is 18.7. The van der Waals surface area contributed by atoms with Gasteiger partial charge in [-0.05, 0) is 78.0 Å². The average Bonchev–Trinajstić information content (AvgIpc) is 3.09. The number of pyridine rings is 1. The Morgan fingerprint density at radius 3 is 2.55 bits per heavy atom. The van der Waals surface area contributed by atoms with E-state index in [-0.39, 0.29) is 0 Å². The number of fused-ring (bicyclic) bond motifs is 4. The zero-order chi connectivity index (χ0) is 20.1. The van der Waals surface area contributed by atoms with Crippen molar-refractivity contribution < 1.29 is 0 Å². The number of benzene rings is 2. The summed E-state index contributed by atoms with van der Waals surface area (Å²) in [6, 6.07) is 13.7. The highest BCUT2D eigenvalue weighted by Crippen LogP contribution is 2.45. The van der Waals surface area contributed by atoms with Gasteiger partial charge in [-0.2, -0.15) is 0 Å². The summed E-state index contributed by atoms with van der Waals surface area (Å²) >= 11 is 1.94. The predicted molar refractivity (Wildman–Crippen MR) is 127 cm³/mol. The Hall–Kier alpha value is -2.19. The smallest absolute Gasteiger partial charge is 0.0880 e. The Bertz CT molecular complexity index is 1210. The molecular formula is C27H29NS. The molecule has 4 aromatic rings. The van der Waals surface area contributed by atoms with Crippen LogP contribution in [0, 0.1) is 0 Å². The van der Waals surface area contributed by atoms with Gasteiger partial charge in [0.1, 0.15) is 0 Å². The minimum Gasteiger partial charge on any atom is -0.255 e. The highest BCUT2D eigenvalue weighted by atomic mass is 32.1. The number of thiophene rings is 1. The predicted octanol–water partition coefficient (Wildman–Crippen LogP) is 8.24. The molecule has 0 unspecified atom stereocenters. The van der Waals surface area contributed by atoms with Crippen LogP contribution < -0.4 is 0 Å². The molecule has 0 atom stereocenters. The van der Waals surface area contributed by atoms with E-state index in [1.54, 1.807) is 16.7 Å². The molecule has 0 saturated heterocycles. The van der Waals surface area contributed by atoms with Gasteiger partial charge in [0, 0.05) is 27.2 Å². The molecular weight excluding hydrogens is 370 g/mol. The third-order valence-electron chi connectivity index (χ3n) is 6.45. The summed E-state index contributed by atoms with van der Waals surface area (Å²) in [5.74, 6) is 1.07. The fourth-order valence-electron chi connectivity index (χ4n) is 5.01. The second-order valence-corrected chi connectivity index (χ2v) is 10.1. The molecule has 1 nitrogen and oxygen atoms in total. The molecule has 0 fully saturated rings. The highest BCUT2D eigenvalue weighted by Gasteiger charge is 2.22. The molecule has 0 spiro atoms. The molecule has 5 rings (SSSR count). The van der Waals surface area contributed by atoms with E-state index in [0.717, 1.165) is 5.69 Å². The molecule has 0 N–H and O–H groups in total. The Labute approximate surface area is 177 Å². The van der Waals surface area contributed by atoms with Crippen LogP contribution in [0.15, 0.2) is 42.6 Å². The van der Waals surface area contributed by atoms with E-state index in [2.05, 4.69) is 64.1 Å². The number of aromatic nitrogens is 1. The molecule has 1 aliphatic rings. The second kappa shape index (κ2) is 7.25. The normalized spacial score (nSPS) is 14.3. The molecule has 1 aliphatic carbocycles. The van der Waals surface area contributed by atoms with E-state index < -0.39 is 0 Å². The summed E-state index contributed by atoms with van der Waals surface area (Å²) in [7, 11) is 0. The van der Waals surface area contributed by atoms with Crippen molar-refractivity contribution in [3.63, 3.8) is 0 Å². The minimum absolute atomic E-state index is 0.524. The fourth-order valence-corrected chi connectivity index (χ4v) is 6.30. The molecule has 29 heavy (non-hydrogen) atoms. The van der Waals surface area contributed by atoms with Gasteiger partial charge in [-0.3, -0.25) is 4.98 Å². The molecule has 0 saturated carbocycles. The molecule has 2 aromatic heterocycles. The van der Waals surface area contributed by atoms with E-state index in [1.165, 1.54) is 57.0 Å². The van der Waals surface area contributed by atoms with Gasteiger partial charge in [-0.25, -0.2) is 0 Å². The first-order chi connectivity index (χ1) is 14.0. The number of rotatable bonds is 3. The Kier molecular flexibility index (Phi) is 4.70. The highest BCUT2D eigenvalue weighted by molar-refractivity contribution is 7.26. The van der Waals surface area contributed by atoms with Gasteiger partial charge < -0.3 is 0 Å². The zero-order valence-electron chi connectivity index (χ0n) is 17.9. The maximum absolute atomic E-state index is 4.86. The first-order valence-electron chi connectivity index (χ1n) is 11.0. The summed E-state index contributed by atoms with van der Waals surface area (Å²) in [5.41, 5.74) is 8.58. The minimum atomic E-state index is 0.524. The number of hydrogen-bond donors (Lipinski definition) is 0. The molecule has 0 bridgehead atoms. The van der Waals surface area contributed by atoms with Gasteiger partial charge >= 0.3 is 0 Å². The molecule has 0 aliphatic heterocycles. The first-order valence-corrected chi connectivity index (χ1v) is 11.8. The largest absolute Gasteiger partial charge is 0.255 e. The van der Waals surface area contributed by atoms with Gasteiger partial charge in [0.25, 0.3) is 0 Å². The summed E-state index contributed by atoms with van der Waals surface area (Å²) < 4.78 is 2.78.